The van der Waals surface area contributed by atoms with Gasteiger partial charge in [0.2, 0.25) is 15.9 Å². The summed E-state index contributed by atoms with van der Waals surface area (Å²) in [6, 6.07) is 7.40. The van der Waals surface area contributed by atoms with Crippen LogP contribution in [0.2, 0.25) is 15.1 Å². The molecular weight excluding hydrogens is 532 g/mol. The van der Waals surface area contributed by atoms with E-state index < -0.39 is 39.9 Å². The van der Waals surface area contributed by atoms with E-state index in [0.29, 0.717) is 31.9 Å². The van der Waals surface area contributed by atoms with Gasteiger partial charge in [-0.05, 0) is 35.9 Å². The fourth-order valence-electron chi connectivity index (χ4n) is 2.53. The molecule has 0 saturated heterocycles. The highest BCUT2D eigenvalue weighted by molar-refractivity contribution is 7.98. The molecule has 0 radical (unpaired) electrons. The summed E-state index contributed by atoms with van der Waals surface area (Å²) in [6.07, 6.45) is -3.92. The smallest absolute Gasteiger partial charge is 0.354 e. The number of nitrogens with zero attached hydrogens (tertiary/aromatic N) is 1. The lowest BCUT2D eigenvalue weighted by Crippen LogP contribution is -2.41. The molecule has 1 amide bonds. The molecule has 0 aromatic heterocycles. The molecule has 2 aromatic carbocycles. The number of hydrogen-bond acceptors (Lipinski definition) is 4. The number of benzene rings is 2. The standard InChI is InChI=1S/C19H18Cl3F3N2O3S2/c1-32(29,30)27(17-8-13(19(23,24)25)3-5-15(17)21)10-18(28)26-6-7-31-11-12-2-4-14(20)9-16(12)22/h2-5,8-9H,6-7,10-11H2,1H3,(H,26,28). The Bertz CT molecular complexity index is 1080. The van der Waals surface area contributed by atoms with Crippen LogP contribution < -0.4 is 9.62 Å². The molecule has 32 heavy (non-hydrogen) atoms. The second-order valence-electron chi connectivity index (χ2n) is 6.57. The molecule has 0 saturated carbocycles. The van der Waals surface area contributed by atoms with Gasteiger partial charge < -0.3 is 5.32 Å². The highest BCUT2D eigenvalue weighted by Gasteiger charge is 2.33. The molecule has 0 atom stereocenters. The second kappa shape index (κ2) is 11.2. The Labute approximate surface area is 203 Å². The number of rotatable bonds is 9. The van der Waals surface area contributed by atoms with E-state index in [1.54, 1.807) is 18.2 Å². The summed E-state index contributed by atoms with van der Waals surface area (Å²) in [5.74, 6) is 0.378. The Morgan fingerprint density at radius 1 is 1.09 bits per heavy atom. The molecular formula is C19H18Cl3F3N2O3S2. The van der Waals surface area contributed by atoms with Crippen LogP contribution in [0.15, 0.2) is 36.4 Å². The van der Waals surface area contributed by atoms with Crippen molar-refractivity contribution in [1.82, 2.24) is 5.32 Å². The van der Waals surface area contributed by atoms with Crippen LogP contribution in [0.4, 0.5) is 18.9 Å². The van der Waals surface area contributed by atoms with Crippen molar-refractivity contribution in [1.29, 1.82) is 0 Å². The average Bonchev–Trinajstić information content (AvgIpc) is 2.66. The van der Waals surface area contributed by atoms with Crippen LogP contribution in [0.1, 0.15) is 11.1 Å². The van der Waals surface area contributed by atoms with Crippen LogP contribution in [0.25, 0.3) is 0 Å². The first kappa shape index (κ1) is 26.9. The molecule has 2 rings (SSSR count). The monoisotopic (exact) mass is 548 g/mol. The minimum absolute atomic E-state index is 0.211. The van der Waals surface area contributed by atoms with E-state index in [1.165, 1.54) is 11.8 Å². The van der Waals surface area contributed by atoms with Crippen molar-refractivity contribution in [3.05, 3.63) is 62.6 Å². The third-order valence-electron chi connectivity index (χ3n) is 4.07. The van der Waals surface area contributed by atoms with Crippen LogP contribution in [0, 0.1) is 0 Å². The topological polar surface area (TPSA) is 66.5 Å². The van der Waals surface area contributed by atoms with Gasteiger partial charge in [-0.3, -0.25) is 9.10 Å². The third kappa shape index (κ3) is 7.91. The maximum Gasteiger partial charge on any atom is 0.416 e. The summed E-state index contributed by atoms with van der Waals surface area (Å²) in [7, 11) is -4.09. The molecule has 0 aliphatic rings. The summed E-state index contributed by atoms with van der Waals surface area (Å²) in [5.41, 5.74) is -0.635. The Balaban J connectivity index is 1.98. The van der Waals surface area contributed by atoms with E-state index in [2.05, 4.69) is 5.32 Å². The van der Waals surface area contributed by atoms with E-state index >= 15 is 0 Å². The van der Waals surface area contributed by atoms with Gasteiger partial charge in [0.15, 0.2) is 0 Å². The summed E-state index contributed by atoms with van der Waals surface area (Å²) in [6.45, 7) is -0.504. The highest BCUT2D eigenvalue weighted by atomic mass is 35.5. The first-order valence-corrected chi connectivity index (χ1v) is 13.1. The highest BCUT2D eigenvalue weighted by Crippen LogP contribution is 2.36. The fraction of sp³-hybridized carbons (Fsp3) is 0.316. The van der Waals surface area contributed by atoms with Crippen LogP contribution in [0.3, 0.4) is 0 Å². The number of hydrogen-bond donors (Lipinski definition) is 1. The molecule has 5 nitrogen and oxygen atoms in total. The molecule has 0 spiro atoms. The largest absolute Gasteiger partial charge is 0.416 e. The first-order chi connectivity index (χ1) is 14.8. The third-order valence-corrected chi connectivity index (χ3v) is 7.11. The average molecular weight is 550 g/mol. The lowest BCUT2D eigenvalue weighted by molar-refractivity contribution is -0.137. The number of alkyl halides is 3. The molecule has 1 N–H and O–H groups in total. The minimum atomic E-state index is -4.70. The Kier molecular flexibility index (Phi) is 9.42. The molecule has 0 fully saturated rings. The van der Waals surface area contributed by atoms with Crippen molar-refractivity contribution < 1.29 is 26.4 Å². The van der Waals surface area contributed by atoms with Gasteiger partial charge in [-0.2, -0.15) is 24.9 Å². The number of nitrogens with one attached hydrogen (secondary N) is 1. The van der Waals surface area contributed by atoms with E-state index in [9.17, 15) is 26.4 Å². The number of halogens is 6. The van der Waals surface area contributed by atoms with E-state index in [4.69, 9.17) is 34.8 Å². The quantitative estimate of drug-likeness (QED) is 0.421. The molecule has 0 bridgehead atoms. The number of anilines is 1. The van der Waals surface area contributed by atoms with Crippen molar-refractivity contribution in [2.75, 3.05) is 29.4 Å². The summed E-state index contributed by atoms with van der Waals surface area (Å²) in [5, 5.41) is 3.36. The maximum absolute atomic E-state index is 13.0. The zero-order chi connectivity index (χ0) is 24.1. The molecule has 13 heteroatoms. The number of sulfonamides is 1. The van der Waals surface area contributed by atoms with Crippen molar-refractivity contribution in [2.45, 2.75) is 11.9 Å². The van der Waals surface area contributed by atoms with Gasteiger partial charge in [0.25, 0.3) is 0 Å². The van der Waals surface area contributed by atoms with Gasteiger partial charge in [-0.25, -0.2) is 8.42 Å². The van der Waals surface area contributed by atoms with Crippen molar-refractivity contribution in [3.8, 4) is 0 Å². The van der Waals surface area contributed by atoms with Gasteiger partial charge in [-0.15, -0.1) is 0 Å². The van der Waals surface area contributed by atoms with Crippen LogP contribution in [-0.4, -0.2) is 39.4 Å². The predicted octanol–water partition coefficient (Wildman–Crippen LogP) is 5.48. The van der Waals surface area contributed by atoms with Gasteiger partial charge in [0, 0.05) is 28.1 Å². The van der Waals surface area contributed by atoms with E-state index in [1.807, 2.05) is 0 Å². The van der Waals surface area contributed by atoms with Crippen LogP contribution in [-0.2, 0) is 26.7 Å². The lowest BCUT2D eigenvalue weighted by atomic mass is 10.2. The Morgan fingerprint density at radius 3 is 2.38 bits per heavy atom. The predicted molar refractivity (Wildman–Crippen MR) is 124 cm³/mol. The number of carbonyl (C=O) groups is 1. The van der Waals surface area contributed by atoms with Crippen molar-refractivity contribution in [2.24, 2.45) is 0 Å². The molecule has 0 unspecified atom stereocenters. The van der Waals surface area contributed by atoms with Crippen molar-refractivity contribution in [3.63, 3.8) is 0 Å². The van der Waals surface area contributed by atoms with Gasteiger partial charge in [0.1, 0.15) is 6.54 Å². The van der Waals surface area contributed by atoms with Crippen LogP contribution >= 0.6 is 46.6 Å². The lowest BCUT2D eigenvalue weighted by Gasteiger charge is -2.24. The van der Waals surface area contributed by atoms with Crippen LogP contribution in [0.5, 0.6) is 0 Å². The molecule has 0 aliphatic carbocycles. The normalized spacial score (nSPS) is 12.0. The Hall–Kier alpha value is -1.33. The second-order valence-corrected chi connectivity index (χ2v) is 10.8. The first-order valence-electron chi connectivity index (χ1n) is 8.92. The SMILES string of the molecule is CS(=O)(=O)N(CC(=O)NCCSCc1ccc(Cl)cc1Cl)c1cc(C(F)(F)F)ccc1Cl. The zero-order valence-electron chi connectivity index (χ0n) is 16.5. The maximum atomic E-state index is 13.0. The fourth-order valence-corrected chi connectivity index (χ4v) is 5.08. The Morgan fingerprint density at radius 2 is 1.78 bits per heavy atom. The van der Waals surface area contributed by atoms with Crippen molar-refractivity contribution >= 4 is 68.2 Å². The molecule has 0 aliphatic heterocycles. The van der Waals surface area contributed by atoms with Gasteiger partial charge in [0.05, 0.1) is 22.5 Å². The number of carbonyl (C=O) groups excluding carboxylic acids is 1. The van der Waals surface area contributed by atoms with Gasteiger partial charge >= 0.3 is 6.18 Å². The summed E-state index contributed by atoms with van der Waals surface area (Å²) < 4.78 is 63.9. The minimum Gasteiger partial charge on any atom is -0.354 e. The van der Waals surface area contributed by atoms with E-state index in [-0.39, 0.29) is 11.6 Å². The number of amides is 1. The van der Waals surface area contributed by atoms with E-state index in [0.717, 1.165) is 24.0 Å². The summed E-state index contributed by atoms with van der Waals surface area (Å²) >= 11 is 19.3. The molecule has 176 valence electrons. The molecule has 2 aromatic rings. The van der Waals surface area contributed by atoms with Gasteiger partial charge in [-0.1, -0.05) is 40.9 Å². The number of thioether (sulfide) groups is 1. The molecule has 0 heterocycles. The zero-order valence-corrected chi connectivity index (χ0v) is 20.4. The summed E-state index contributed by atoms with van der Waals surface area (Å²) in [4.78, 5) is 12.3.